The summed E-state index contributed by atoms with van der Waals surface area (Å²) < 4.78 is 12.6. The first-order valence-corrected chi connectivity index (χ1v) is 13.8. The van der Waals surface area contributed by atoms with Gasteiger partial charge in [0.25, 0.3) is 11.5 Å². The van der Waals surface area contributed by atoms with E-state index in [0.717, 1.165) is 31.5 Å². The molecule has 6 rings (SSSR count). The molecule has 3 N–H and O–H groups in total. The van der Waals surface area contributed by atoms with Gasteiger partial charge in [0.05, 0.1) is 17.4 Å². The van der Waals surface area contributed by atoms with Crippen LogP contribution in [0.3, 0.4) is 0 Å². The summed E-state index contributed by atoms with van der Waals surface area (Å²) in [7, 11) is 0. The van der Waals surface area contributed by atoms with E-state index in [1.54, 1.807) is 29.2 Å². The molecule has 204 valence electrons. The number of nitrogens with two attached hydrogens (primary N) is 1. The van der Waals surface area contributed by atoms with Gasteiger partial charge in [0.2, 0.25) is 12.7 Å². The van der Waals surface area contributed by atoms with Crippen LogP contribution in [0.4, 0.5) is 0 Å². The Balaban J connectivity index is 1.16. The van der Waals surface area contributed by atoms with Crippen LogP contribution in [0.15, 0.2) is 41.2 Å². The van der Waals surface area contributed by atoms with Gasteiger partial charge in [-0.3, -0.25) is 23.9 Å². The van der Waals surface area contributed by atoms with Gasteiger partial charge in [0, 0.05) is 24.7 Å². The number of rotatable bonds is 5. The minimum absolute atomic E-state index is 0.0745. The minimum Gasteiger partial charge on any atom is -0.454 e. The zero-order valence-corrected chi connectivity index (χ0v) is 22.4. The number of hydrogen-bond donors (Lipinski definition) is 2. The highest BCUT2D eigenvalue weighted by molar-refractivity contribution is 7.71. The van der Waals surface area contributed by atoms with Crippen LogP contribution in [0.5, 0.6) is 11.5 Å². The molecule has 39 heavy (non-hydrogen) atoms. The number of aromatic amines is 1. The lowest BCUT2D eigenvalue weighted by Gasteiger charge is -2.48. The number of likely N-dealkylation sites (tertiary alicyclic amines) is 2. The summed E-state index contributed by atoms with van der Waals surface area (Å²) in [4.78, 5) is 46.2. The van der Waals surface area contributed by atoms with Crippen molar-refractivity contribution in [3.05, 3.63) is 62.6 Å². The summed E-state index contributed by atoms with van der Waals surface area (Å²) in [5, 5.41) is 0.460. The second-order valence-corrected chi connectivity index (χ2v) is 10.9. The lowest BCUT2D eigenvalue weighted by molar-refractivity contribution is -0.134. The molecule has 0 atom stereocenters. The Hall–Kier alpha value is -3.70. The smallest absolute Gasteiger partial charge is 0.262 e. The molecule has 2 fully saturated rings. The van der Waals surface area contributed by atoms with Crippen LogP contribution < -0.4 is 20.8 Å². The van der Waals surface area contributed by atoms with Crippen LogP contribution >= 0.6 is 12.2 Å². The number of primary amides is 1. The Kier molecular flexibility index (Phi) is 6.64. The summed E-state index contributed by atoms with van der Waals surface area (Å²) in [5.41, 5.74) is 6.99. The molecular formula is C28H31N5O5S. The van der Waals surface area contributed by atoms with Crippen LogP contribution in [0.2, 0.25) is 0 Å². The van der Waals surface area contributed by atoms with E-state index in [2.05, 4.69) is 9.88 Å². The predicted octanol–water partition coefficient (Wildman–Crippen LogP) is 2.78. The van der Waals surface area contributed by atoms with Gasteiger partial charge < -0.3 is 25.1 Å². The summed E-state index contributed by atoms with van der Waals surface area (Å²) in [6.45, 7) is 3.11. The summed E-state index contributed by atoms with van der Waals surface area (Å²) in [5.74, 6) is 0.746. The highest BCUT2D eigenvalue weighted by Crippen LogP contribution is 2.35. The number of ether oxygens (including phenoxy) is 2. The maximum Gasteiger partial charge on any atom is 0.262 e. The first-order valence-electron chi connectivity index (χ1n) is 13.4. The zero-order chi connectivity index (χ0) is 27.1. The van der Waals surface area contributed by atoms with Gasteiger partial charge in [-0.25, -0.2) is 0 Å². The van der Waals surface area contributed by atoms with E-state index < -0.39 is 5.54 Å². The number of H-pyrrole nitrogens is 1. The summed E-state index contributed by atoms with van der Waals surface area (Å²) >= 11 is 5.47. The first kappa shape index (κ1) is 25.6. The third-order valence-electron chi connectivity index (χ3n) is 8.31. The number of carbonyl (C=O) groups excluding carboxylic acids is 2. The number of nitrogens with zero attached hydrogens (tertiary/aromatic N) is 3. The van der Waals surface area contributed by atoms with Gasteiger partial charge in [0.1, 0.15) is 5.54 Å². The van der Waals surface area contributed by atoms with E-state index in [1.165, 1.54) is 11.0 Å². The fourth-order valence-corrected chi connectivity index (χ4v) is 6.28. The Morgan fingerprint density at radius 2 is 1.64 bits per heavy atom. The second kappa shape index (κ2) is 10.1. The fraction of sp³-hybridized carbons (Fsp3) is 0.429. The third-order valence-corrected chi connectivity index (χ3v) is 8.64. The van der Waals surface area contributed by atoms with E-state index in [0.29, 0.717) is 58.7 Å². The molecule has 0 bridgehead atoms. The first-order chi connectivity index (χ1) is 18.9. The van der Waals surface area contributed by atoms with E-state index in [1.807, 2.05) is 12.1 Å². The Morgan fingerprint density at radius 1 is 0.974 bits per heavy atom. The van der Waals surface area contributed by atoms with Crippen molar-refractivity contribution in [2.75, 3.05) is 33.0 Å². The van der Waals surface area contributed by atoms with E-state index >= 15 is 0 Å². The molecule has 3 aromatic rings. The molecule has 0 aliphatic carbocycles. The molecule has 0 saturated carbocycles. The van der Waals surface area contributed by atoms with E-state index in [4.69, 9.17) is 27.4 Å². The fourth-order valence-electron chi connectivity index (χ4n) is 6.02. The molecule has 1 aromatic heterocycles. The summed E-state index contributed by atoms with van der Waals surface area (Å²) in [6, 6.07) is 10.6. The van der Waals surface area contributed by atoms with Gasteiger partial charge in [-0.2, -0.15) is 0 Å². The Morgan fingerprint density at radius 3 is 2.31 bits per heavy atom. The third kappa shape index (κ3) is 4.59. The molecule has 11 heteroatoms. The maximum atomic E-state index is 13.3. The molecule has 2 saturated heterocycles. The van der Waals surface area contributed by atoms with Crippen molar-refractivity contribution in [2.45, 2.75) is 44.2 Å². The molecule has 0 spiro atoms. The normalized spacial score (nSPS) is 18.8. The highest BCUT2D eigenvalue weighted by atomic mass is 32.1. The Bertz CT molecular complexity index is 1550. The van der Waals surface area contributed by atoms with Crippen molar-refractivity contribution in [3.8, 4) is 11.5 Å². The number of nitrogens with one attached hydrogen (secondary N) is 1. The second-order valence-electron chi connectivity index (χ2n) is 10.5. The lowest BCUT2D eigenvalue weighted by Crippen LogP contribution is -2.63. The van der Waals surface area contributed by atoms with Crippen LogP contribution in [0, 0.1) is 4.77 Å². The molecule has 0 unspecified atom stereocenters. The van der Waals surface area contributed by atoms with Gasteiger partial charge in [-0.05, 0) is 74.8 Å². The Labute approximate surface area is 230 Å². The average molecular weight is 550 g/mol. The largest absolute Gasteiger partial charge is 0.454 e. The van der Waals surface area contributed by atoms with Crippen LogP contribution in [-0.4, -0.2) is 69.7 Å². The maximum absolute atomic E-state index is 13.3. The van der Waals surface area contributed by atoms with Gasteiger partial charge in [-0.1, -0.05) is 18.6 Å². The number of amides is 2. The molecule has 2 amide bonds. The van der Waals surface area contributed by atoms with Crippen molar-refractivity contribution < 1.29 is 19.1 Å². The molecule has 3 aliphatic heterocycles. The van der Waals surface area contributed by atoms with Crippen molar-refractivity contribution in [1.29, 1.82) is 0 Å². The van der Waals surface area contributed by atoms with Gasteiger partial charge in [0.15, 0.2) is 16.3 Å². The van der Waals surface area contributed by atoms with Crippen molar-refractivity contribution >= 4 is 34.9 Å². The minimum atomic E-state index is -0.660. The molecule has 0 radical (unpaired) electrons. The van der Waals surface area contributed by atoms with E-state index in [9.17, 15) is 14.4 Å². The van der Waals surface area contributed by atoms with E-state index in [-0.39, 0.29) is 30.7 Å². The van der Waals surface area contributed by atoms with Crippen molar-refractivity contribution in [3.63, 3.8) is 0 Å². The number of benzene rings is 2. The predicted molar refractivity (Wildman–Crippen MR) is 148 cm³/mol. The summed E-state index contributed by atoms with van der Waals surface area (Å²) in [6.07, 6.45) is 4.43. The van der Waals surface area contributed by atoms with Crippen molar-refractivity contribution in [2.24, 2.45) is 5.73 Å². The average Bonchev–Trinajstić information content (AvgIpc) is 3.42. The molecule has 2 aromatic carbocycles. The van der Waals surface area contributed by atoms with Crippen LogP contribution in [0.1, 0.15) is 48.0 Å². The van der Waals surface area contributed by atoms with Crippen molar-refractivity contribution in [1.82, 2.24) is 19.4 Å². The number of hydrogen-bond acceptors (Lipinski definition) is 7. The van der Waals surface area contributed by atoms with Crippen LogP contribution in [0.25, 0.3) is 10.9 Å². The van der Waals surface area contributed by atoms with Gasteiger partial charge >= 0.3 is 0 Å². The lowest BCUT2D eigenvalue weighted by atomic mass is 9.83. The number of carbonyl (C=O) groups is 2. The molecule has 3 aliphatic rings. The monoisotopic (exact) mass is 549 g/mol. The number of aromatic nitrogens is 2. The number of piperidine rings is 2. The zero-order valence-electron chi connectivity index (χ0n) is 21.6. The quantitative estimate of drug-likeness (QED) is 0.469. The molecule has 10 nitrogen and oxygen atoms in total. The molecular weight excluding hydrogens is 518 g/mol. The van der Waals surface area contributed by atoms with Crippen LogP contribution in [-0.2, 0) is 11.3 Å². The van der Waals surface area contributed by atoms with Gasteiger partial charge in [-0.15, -0.1) is 0 Å². The number of fused-ring (bicyclic) bond motifs is 2. The topological polar surface area (TPSA) is 123 Å². The molecule has 4 heterocycles. The standard InChI is InChI=1S/C28H31N5O5S/c29-26(36)28(32-10-2-1-3-11-32)8-12-31(13-9-28)24(34)19-6-4-18(5-7-19)16-33-25(35)20-14-22-23(38-17-37-22)15-21(20)30-27(33)39/h4-7,14-15H,1-3,8-13,16-17H2,(H2,29,36)(H,30,39). The SMILES string of the molecule is NC(=O)C1(N2CCCCC2)CCN(C(=O)c2ccc(Cn3c(=S)[nH]c4cc5c(cc4c3=O)OCO5)cc2)CC1. The highest BCUT2D eigenvalue weighted by Gasteiger charge is 2.45.